The van der Waals surface area contributed by atoms with Crippen LogP contribution in [0.25, 0.3) is 0 Å². The quantitative estimate of drug-likeness (QED) is 0.854. The van der Waals surface area contributed by atoms with Crippen molar-refractivity contribution in [2.24, 2.45) is 0 Å². The smallest absolute Gasteiger partial charge is 0.250 e. The molecule has 4 rings (SSSR count). The zero-order valence-electron chi connectivity index (χ0n) is 14.1. The van der Waals surface area contributed by atoms with Crippen molar-refractivity contribution < 1.29 is 13.9 Å². The highest BCUT2D eigenvalue weighted by atomic mass is 19.1. The molecule has 132 valence electrons. The summed E-state index contributed by atoms with van der Waals surface area (Å²) in [4.78, 5) is 10.6. The minimum Gasteiger partial charge on any atom is -0.470 e. The van der Waals surface area contributed by atoms with Gasteiger partial charge in [-0.15, -0.1) is 0 Å². The first-order valence-corrected chi connectivity index (χ1v) is 8.75. The normalized spacial score (nSPS) is 23.0. The van der Waals surface area contributed by atoms with Gasteiger partial charge >= 0.3 is 0 Å². The number of hydrogen-bond acceptors (Lipinski definition) is 5. The van der Waals surface area contributed by atoms with Gasteiger partial charge in [0.25, 0.3) is 5.88 Å². The molecule has 2 aromatic rings. The van der Waals surface area contributed by atoms with Gasteiger partial charge in [-0.1, -0.05) is 6.07 Å². The highest BCUT2D eigenvalue weighted by molar-refractivity contribution is 5.14. The molecule has 1 atom stereocenters. The molecule has 2 aromatic heterocycles. The van der Waals surface area contributed by atoms with Gasteiger partial charge in [0.2, 0.25) is 0 Å². The number of likely N-dealkylation sites (tertiary alicyclic amines) is 1. The lowest BCUT2D eigenvalue weighted by molar-refractivity contribution is -0.0455. The molecule has 5 nitrogen and oxygen atoms in total. The first kappa shape index (κ1) is 16.4. The van der Waals surface area contributed by atoms with E-state index in [1.807, 2.05) is 12.3 Å². The van der Waals surface area contributed by atoms with Gasteiger partial charge in [-0.3, -0.25) is 9.88 Å². The third-order valence-electron chi connectivity index (χ3n) is 5.07. The molecule has 0 N–H and O–H groups in total. The maximum absolute atomic E-state index is 13.7. The summed E-state index contributed by atoms with van der Waals surface area (Å²) >= 11 is 0. The average Bonchev–Trinajstić information content (AvgIpc) is 3.03. The summed E-state index contributed by atoms with van der Waals surface area (Å²) in [5.74, 6) is -0.350. The SMILES string of the molecule is Fc1cccnc1OC1COC2(CCN(Cc3cccnc3)CC2)C1. The van der Waals surface area contributed by atoms with Crippen molar-refractivity contribution in [2.75, 3.05) is 19.7 Å². The van der Waals surface area contributed by atoms with E-state index in [-0.39, 0.29) is 17.6 Å². The van der Waals surface area contributed by atoms with Crippen LogP contribution >= 0.6 is 0 Å². The van der Waals surface area contributed by atoms with E-state index < -0.39 is 5.82 Å². The molecule has 2 saturated heterocycles. The number of piperidine rings is 1. The molecule has 25 heavy (non-hydrogen) atoms. The maximum Gasteiger partial charge on any atom is 0.250 e. The van der Waals surface area contributed by atoms with Gasteiger partial charge in [0.15, 0.2) is 5.82 Å². The number of pyridine rings is 2. The topological polar surface area (TPSA) is 47.5 Å². The van der Waals surface area contributed by atoms with E-state index in [4.69, 9.17) is 9.47 Å². The molecule has 1 unspecified atom stereocenters. The van der Waals surface area contributed by atoms with E-state index in [0.29, 0.717) is 6.61 Å². The monoisotopic (exact) mass is 343 g/mol. The van der Waals surface area contributed by atoms with Gasteiger partial charge in [-0.25, -0.2) is 9.37 Å². The Morgan fingerprint density at radius 1 is 1.24 bits per heavy atom. The van der Waals surface area contributed by atoms with Crippen molar-refractivity contribution in [3.05, 3.63) is 54.2 Å². The number of ether oxygens (including phenoxy) is 2. The molecule has 0 saturated carbocycles. The van der Waals surface area contributed by atoms with Gasteiger partial charge in [0.1, 0.15) is 6.10 Å². The Labute approximate surface area is 146 Å². The standard InChI is InChI=1S/C19H22FN3O2/c20-17-4-2-8-22-18(17)25-16-11-19(24-14-16)5-9-23(10-6-19)13-15-3-1-7-21-12-15/h1-4,7-8,12,16H,5-6,9-11,13-14H2. The molecule has 2 aliphatic rings. The fourth-order valence-electron chi connectivity index (χ4n) is 3.71. The highest BCUT2D eigenvalue weighted by Gasteiger charge is 2.43. The van der Waals surface area contributed by atoms with Crippen LogP contribution in [0.5, 0.6) is 5.88 Å². The van der Waals surface area contributed by atoms with Crippen molar-refractivity contribution in [1.29, 1.82) is 0 Å². The van der Waals surface area contributed by atoms with E-state index >= 15 is 0 Å². The Hall–Kier alpha value is -2.05. The summed E-state index contributed by atoms with van der Waals surface area (Å²) in [5, 5.41) is 0. The highest BCUT2D eigenvalue weighted by Crippen LogP contribution is 2.37. The number of hydrogen-bond donors (Lipinski definition) is 0. The van der Waals surface area contributed by atoms with Gasteiger partial charge in [-0.05, 0) is 36.6 Å². The Bertz CT molecular complexity index is 705. The molecule has 0 amide bonds. The van der Waals surface area contributed by atoms with E-state index in [2.05, 4.69) is 20.9 Å². The summed E-state index contributed by atoms with van der Waals surface area (Å²) in [6, 6.07) is 7.01. The van der Waals surface area contributed by atoms with Crippen LogP contribution in [0.1, 0.15) is 24.8 Å². The van der Waals surface area contributed by atoms with Crippen molar-refractivity contribution in [1.82, 2.24) is 14.9 Å². The molecule has 0 aromatic carbocycles. The van der Waals surface area contributed by atoms with E-state index in [0.717, 1.165) is 38.9 Å². The molecule has 6 heteroatoms. The molecule has 2 fully saturated rings. The van der Waals surface area contributed by atoms with Crippen LogP contribution in [0.3, 0.4) is 0 Å². The Kier molecular flexibility index (Phi) is 4.63. The van der Waals surface area contributed by atoms with E-state index in [1.165, 1.54) is 11.6 Å². The predicted molar refractivity (Wildman–Crippen MR) is 90.7 cm³/mol. The van der Waals surface area contributed by atoms with Gasteiger partial charge < -0.3 is 9.47 Å². The van der Waals surface area contributed by atoms with Gasteiger partial charge in [-0.2, -0.15) is 0 Å². The molecule has 4 heterocycles. The minimum atomic E-state index is -0.422. The van der Waals surface area contributed by atoms with Crippen LogP contribution in [0.4, 0.5) is 4.39 Å². The van der Waals surface area contributed by atoms with Crippen LogP contribution in [-0.2, 0) is 11.3 Å². The Morgan fingerprint density at radius 2 is 2.08 bits per heavy atom. The van der Waals surface area contributed by atoms with E-state index in [9.17, 15) is 4.39 Å². The molecular weight excluding hydrogens is 321 g/mol. The lowest BCUT2D eigenvalue weighted by Gasteiger charge is -2.38. The van der Waals surface area contributed by atoms with Crippen LogP contribution < -0.4 is 4.74 Å². The lowest BCUT2D eigenvalue weighted by atomic mass is 9.88. The number of rotatable bonds is 4. The zero-order chi connectivity index (χ0) is 17.1. The van der Waals surface area contributed by atoms with Crippen LogP contribution in [0.15, 0.2) is 42.9 Å². The Morgan fingerprint density at radius 3 is 2.84 bits per heavy atom. The van der Waals surface area contributed by atoms with Gasteiger partial charge in [0.05, 0.1) is 12.2 Å². The largest absolute Gasteiger partial charge is 0.470 e. The molecule has 0 radical (unpaired) electrons. The second-order valence-corrected chi connectivity index (χ2v) is 6.87. The van der Waals surface area contributed by atoms with Crippen LogP contribution in [0.2, 0.25) is 0 Å². The molecule has 2 aliphatic heterocycles. The number of nitrogens with zero attached hydrogens (tertiary/aromatic N) is 3. The Balaban J connectivity index is 1.31. The summed E-state index contributed by atoms with van der Waals surface area (Å²) in [6.45, 7) is 3.39. The summed E-state index contributed by atoms with van der Waals surface area (Å²) in [7, 11) is 0. The minimum absolute atomic E-state index is 0.0714. The first-order valence-electron chi connectivity index (χ1n) is 8.75. The van der Waals surface area contributed by atoms with Crippen LogP contribution in [0, 0.1) is 5.82 Å². The first-order chi connectivity index (χ1) is 12.2. The van der Waals surface area contributed by atoms with Gasteiger partial charge in [0, 0.05) is 44.6 Å². The van der Waals surface area contributed by atoms with Crippen molar-refractivity contribution >= 4 is 0 Å². The third-order valence-corrected chi connectivity index (χ3v) is 5.07. The lowest BCUT2D eigenvalue weighted by Crippen LogP contribution is -2.44. The molecule has 0 bridgehead atoms. The van der Waals surface area contributed by atoms with Crippen molar-refractivity contribution in [2.45, 2.75) is 37.5 Å². The zero-order valence-corrected chi connectivity index (χ0v) is 14.1. The summed E-state index contributed by atoms with van der Waals surface area (Å²) in [5.41, 5.74) is 1.10. The maximum atomic E-state index is 13.7. The summed E-state index contributed by atoms with van der Waals surface area (Å²) < 4.78 is 25.5. The third kappa shape index (κ3) is 3.80. The van der Waals surface area contributed by atoms with Crippen molar-refractivity contribution in [3.8, 4) is 5.88 Å². The predicted octanol–water partition coefficient (Wildman–Crippen LogP) is 2.82. The van der Waals surface area contributed by atoms with Crippen LogP contribution in [-0.4, -0.2) is 46.3 Å². The fourth-order valence-corrected chi connectivity index (χ4v) is 3.71. The molecule has 1 spiro atoms. The van der Waals surface area contributed by atoms with E-state index in [1.54, 1.807) is 18.5 Å². The second-order valence-electron chi connectivity index (χ2n) is 6.87. The number of aromatic nitrogens is 2. The number of halogens is 1. The summed E-state index contributed by atoms with van der Waals surface area (Å²) in [6.07, 6.45) is 7.86. The second kappa shape index (κ2) is 7.06. The fraction of sp³-hybridized carbons (Fsp3) is 0.474. The molecule has 0 aliphatic carbocycles. The van der Waals surface area contributed by atoms with Crippen molar-refractivity contribution in [3.63, 3.8) is 0 Å². The average molecular weight is 343 g/mol. The molecular formula is C19H22FN3O2.